The molecule has 262 valence electrons. The second-order valence-corrected chi connectivity index (χ2v) is 16.0. The Morgan fingerprint density at radius 3 is 1.58 bits per heavy atom. The van der Waals surface area contributed by atoms with E-state index in [0.717, 1.165) is 44.2 Å². The van der Waals surface area contributed by atoms with Gasteiger partial charge in [-0.2, -0.15) is 0 Å². The SMILES string of the molecule is CC1(C)c2ccccc2-c2cc3c(cc21)-c1ccc(-c2ccc4oc5c(-c6nc(-c7ccccc7)nc(-c7ccccc7)n6)cccc5c4c2)cc1C3(C)C. The largest absolute Gasteiger partial charge is 0.455 e. The number of furan rings is 1. The molecule has 2 aromatic heterocycles. The van der Waals surface area contributed by atoms with Crippen molar-refractivity contribution in [3.8, 4) is 67.5 Å². The highest BCUT2D eigenvalue weighted by molar-refractivity contribution is 6.10. The summed E-state index contributed by atoms with van der Waals surface area (Å²) in [6.07, 6.45) is 0. The predicted molar refractivity (Wildman–Crippen MR) is 224 cm³/mol. The molecule has 0 aliphatic heterocycles. The third kappa shape index (κ3) is 4.67. The van der Waals surface area contributed by atoms with Gasteiger partial charge in [0, 0.05) is 32.7 Å². The standard InChI is InChI=1S/C51H37N3O/c1-50(2)41-21-12-11-18-34(41)38-28-44-39(29-43(38)50)35-24-22-33(27-42(35)51(44,3)4)32-23-25-45-40(26-32)36-19-13-20-37(46(36)55-45)49-53-47(30-14-7-5-8-15-30)52-48(54-49)31-16-9-6-10-17-31/h5-29H,1-4H3. The van der Waals surface area contributed by atoms with Crippen LogP contribution in [0.5, 0.6) is 0 Å². The summed E-state index contributed by atoms with van der Waals surface area (Å²) in [5, 5.41) is 2.10. The molecule has 55 heavy (non-hydrogen) atoms. The molecule has 0 bridgehead atoms. The number of hydrogen-bond acceptors (Lipinski definition) is 4. The van der Waals surface area contributed by atoms with E-state index in [1.54, 1.807) is 0 Å². The maximum absolute atomic E-state index is 6.65. The van der Waals surface area contributed by atoms with Gasteiger partial charge in [0.2, 0.25) is 0 Å². The van der Waals surface area contributed by atoms with E-state index in [-0.39, 0.29) is 10.8 Å². The lowest BCUT2D eigenvalue weighted by atomic mass is 9.79. The average Bonchev–Trinajstić information content (AvgIpc) is 3.79. The highest BCUT2D eigenvalue weighted by atomic mass is 16.3. The minimum Gasteiger partial charge on any atom is -0.455 e. The number of benzene rings is 7. The third-order valence-electron chi connectivity index (χ3n) is 12.1. The molecule has 0 spiro atoms. The van der Waals surface area contributed by atoms with Gasteiger partial charge in [-0.05, 0) is 92.0 Å². The maximum Gasteiger partial charge on any atom is 0.167 e. The van der Waals surface area contributed by atoms with E-state index >= 15 is 0 Å². The van der Waals surface area contributed by atoms with Crippen molar-refractivity contribution in [2.45, 2.75) is 38.5 Å². The van der Waals surface area contributed by atoms with Gasteiger partial charge in [-0.25, -0.2) is 15.0 Å². The molecular weight excluding hydrogens is 671 g/mol. The lowest BCUT2D eigenvalue weighted by Crippen LogP contribution is -2.17. The topological polar surface area (TPSA) is 51.8 Å². The van der Waals surface area contributed by atoms with E-state index in [1.807, 2.05) is 66.7 Å². The highest BCUT2D eigenvalue weighted by Crippen LogP contribution is 2.56. The summed E-state index contributed by atoms with van der Waals surface area (Å²) in [5.41, 5.74) is 17.5. The molecule has 2 aliphatic rings. The first kappa shape index (κ1) is 31.8. The monoisotopic (exact) mass is 707 g/mol. The zero-order chi connectivity index (χ0) is 37.1. The molecule has 2 aliphatic carbocycles. The van der Waals surface area contributed by atoms with Crippen LogP contribution in [0.2, 0.25) is 0 Å². The van der Waals surface area contributed by atoms with Crippen molar-refractivity contribution in [3.63, 3.8) is 0 Å². The summed E-state index contributed by atoms with van der Waals surface area (Å²) in [4.78, 5) is 14.9. The molecular formula is C51H37N3O. The Kier molecular flexibility index (Phi) is 6.61. The van der Waals surface area contributed by atoms with Crippen molar-refractivity contribution < 1.29 is 4.42 Å². The summed E-state index contributed by atoms with van der Waals surface area (Å²) in [6, 6.07) is 53.9. The molecule has 4 nitrogen and oxygen atoms in total. The number of aromatic nitrogens is 3. The van der Waals surface area contributed by atoms with E-state index in [9.17, 15) is 0 Å². The quantitative estimate of drug-likeness (QED) is 0.183. The Labute approximate surface area is 320 Å². The van der Waals surface area contributed by atoms with E-state index in [1.165, 1.54) is 50.1 Å². The van der Waals surface area contributed by atoms with Gasteiger partial charge in [-0.15, -0.1) is 0 Å². The van der Waals surface area contributed by atoms with Gasteiger partial charge in [0.15, 0.2) is 17.5 Å². The van der Waals surface area contributed by atoms with Gasteiger partial charge in [0.25, 0.3) is 0 Å². The molecule has 4 heteroatoms. The molecule has 0 radical (unpaired) electrons. The lowest BCUT2D eigenvalue weighted by Gasteiger charge is -2.24. The van der Waals surface area contributed by atoms with E-state index in [2.05, 4.69) is 113 Å². The fourth-order valence-electron chi connectivity index (χ4n) is 9.19. The number of para-hydroxylation sites is 1. The highest BCUT2D eigenvalue weighted by Gasteiger charge is 2.41. The smallest absolute Gasteiger partial charge is 0.167 e. The van der Waals surface area contributed by atoms with Gasteiger partial charge >= 0.3 is 0 Å². The maximum atomic E-state index is 6.65. The average molecular weight is 708 g/mol. The van der Waals surface area contributed by atoms with Crippen molar-refractivity contribution in [1.82, 2.24) is 15.0 Å². The fraction of sp³-hybridized carbons (Fsp3) is 0.118. The summed E-state index contributed by atoms with van der Waals surface area (Å²) >= 11 is 0. The first-order valence-corrected chi connectivity index (χ1v) is 19.0. The Bertz CT molecular complexity index is 2970. The summed E-state index contributed by atoms with van der Waals surface area (Å²) in [7, 11) is 0. The molecule has 0 saturated carbocycles. The van der Waals surface area contributed by atoms with Crippen molar-refractivity contribution in [2.24, 2.45) is 0 Å². The van der Waals surface area contributed by atoms with Crippen LogP contribution in [0.4, 0.5) is 0 Å². The second-order valence-electron chi connectivity index (χ2n) is 16.0. The van der Waals surface area contributed by atoms with Gasteiger partial charge < -0.3 is 4.42 Å². The molecule has 9 aromatic rings. The van der Waals surface area contributed by atoms with Gasteiger partial charge in [0.1, 0.15) is 11.2 Å². The van der Waals surface area contributed by atoms with Gasteiger partial charge in [-0.3, -0.25) is 0 Å². The molecule has 0 N–H and O–H groups in total. The van der Waals surface area contributed by atoms with Gasteiger partial charge in [0.05, 0.1) is 5.56 Å². The van der Waals surface area contributed by atoms with E-state index < -0.39 is 0 Å². The molecule has 2 heterocycles. The lowest BCUT2D eigenvalue weighted by molar-refractivity contribution is 0.652. The molecule has 0 saturated heterocycles. The van der Waals surface area contributed by atoms with Crippen molar-refractivity contribution in [2.75, 3.05) is 0 Å². The number of nitrogens with zero attached hydrogens (tertiary/aromatic N) is 3. The Morgan fingerprint density at radius 2 is 0.891 bits per heavy atom. The zero-order valence-corrected chi connectivity index (χ0v) is 31.2. The van der Waals surface area contributed by atoms with Gasteiger partial charge in [-0.1, -0.05) is 143 Å². The van der Waals surface area contributed by atoms with Crippen molar-refractivity contribution >= 4 is 21.9 Å². The van der Waals surface area contributed by atoms with Crippen molar-refractivity contribution in [1.29, 1.82) is 0 Å². The third-order valence-corrected chi connectivity index (χ3v) is 12.1. The van der Waals surface area contributed by atoms with E-state index in [0.29, 0.717) is 17.5 Å². The molecule has 0 unspecified atom stereocenters. The van der Waals surface area contributed by atoms with Crippen LogP contribution in [0.1, 0.15) is 49.9 Å². The van der Waals surface area contributed by atoms with Crippen LogP contribution in [-0.2, 0) is 10.8 Å². The molecule has 7 aromatic carbocycles. The fourth-order valence-corrected chi connectivity index (χ4v) is 9.19. The first-order chi connectivity index (χ1) is 26.8. The second kappa shape index (κ2) is 11.4. The molecule has 0 amide bonds. The van der Waals surface area contributed by atoms with Crippen molar-refractivity contribution in [3.05, 3.63) is 174 Å². The molecule has 11 rings (SSSR count). The van der Waals surface area contributed by atoms with E-state index in [4.69, 9.17) is 19.4 Å². The number of hydrogen-bond donors (Lipinski definition) is 0. The first-order valence-electron chi connectivity index (χ1n) is 19.0. The summed E-state index contributed by atoms with van der Waals surface area (Å²) in [5.74, 6) is 1.83. The van der Waals surface area contributed by atoms with Crippen LogP contribution in [-0.4, -0.2) is 15.0 Å². The van der Waals surface area contributed by atoms with Crippen LogP contribution < -0.4 is 0 Å². The predicted octanol–water partition coefficient (Wildman–Crippen LogP) is 13.1. The number of rotatable bonds is 4. The van der Waals surface area contributed by atoms with Crippen LogP contribution in [0, 0.1) is 0 Å². The Morgan fingerprint density at radius 1 is 0.364 bits per heavy atom. The number of fused-ring (bicyclic) bond motifs is 9. The molecule has 0 fully saturated rings. The Hall–Kier alpha value is -6.65. The minimum atomic E-state index is -0.138. The van der Waals surface area contributed by atoms with Crippen LogP contribution in [0.3, 0.4) is 0 Å². The van der Waals surface area contributed by atoms with Crippen LogP contribution >= 0.6 is 0 Å². The van der Waals surface area contributed by atoms with Crippen LogP contribution in [0.25, 0.3) is 89.5 Å². The zero-order valence-electron chi connectivity index (χ0n) is 31.2. The summed E-state index contributed by atoms with van der Waals surface area (Å²) in [6.45, 7) is 9.48. The van der Waals surface area contributed by atoms with Crippen LogP contribution in [0.15, 0.2) is 156 Å². The normalized spacial score (nSPS) is 14.5. The minimum absolute atomic E-state index is 0.0334. The Balaban J connectivity index is 1.01. The molecule has 0 atom stereocenters. The summed E-state index contributed by atoms with van der Waals surface area (Å²) < 4.78 is 6.65.